The van der Waals surface area contributed by atoms with E-state index in [0.29, 0.717) is 24.0 Å². The van der Waals surface area contributed by atoms with Gasteiger partial charge < -0.3 is 9.90 Å². The predicted octanol–water partition coefficient (Wildman–Crippen LogP) is 6.22. The first-order valence-corrected chi connectivity index (χ1v) is 9.76. The average Bonchev–Trinajstić information content (AvgIpc) is 3.00. The van der Waals surface area contributed by atoms with Gasteiger partial charge in [-0.3, -0.25) is 4.79 Å². The fourth-order valence-corrected chi connectivity index (χ4v) is 2.14. The highest BCUT2D eigenvalue weighted by atomic mass is 16.2. The lowest BCUT2D eigenvalue weighted by atomic mass is 9.94. The number of Topliss-reactive ketones (excluding diaryl/α,β-unsaturated/α-hetero) is 2. The zero-order valence-corrected chi connectivity index (χ0v) is 18.5. The molecule has 0 spiro atoms. The first-order chi connectivity index (χ1) is 11.8. The Bertz CT molecular complexity index is 345. The molecule has 1 saturated carbocycles. The molecule has 1 aliphatic rings. The Labute approximate surface area is 159 Å². The monoisotopic (exact) mass is 359 g/mol. The van der Waals surface area contributed by atoms with Crippen molar-refractivity contribution in [1.29, 1.82) is 0 Å². The Hall–Kier alpha value is -0.700. The van der Waals surface area contributed by atoms with Crippen LogP contribution in [0.2, 0.25) is 0 Å². The van der Waals surface area contributed by atoms with Crippen molar-refractivity contribution in [2.45, 2.75) is 107 Å². The summed E-state index contributed by atoms with van der Waals surface area (Å²) in [5, 5.41) is 7.00. The lowest BCUT2D eigenvalue weighted by Gasteiger charge is -2.12. The molecule has 152 valence electrons. The lowest BCUT2D eigenvalue weighted by molar-refractivity contribution is -0.119. The Morgan fingerprint density at radius 1 is 1.12 bits per heavy atom. The largest absolute Gasteiger partial charge is 0.400 e. The molecule has 1 rings (SSSR count). The second-order valence-corrected chi connectivity index (χ2v) is 8.25. The van der Waals surface area contributed by atoms with Gasteiger partial charge in [0.1, 0.15) is 11.6 Å². The van der Waals surface area contributed by atoms with Gasteiger partial charge in [-0.2, -0.15) is 0 Å². The highest BCUT2D eigenvalue weighted by Crippen LogP contribution is 2.27. The zero-order valence-electron chi connectivity index (χ0n) is 19.5. The van der Waals surface area contributed by atoms with Crippen LogP contribution in [0.3, 0.4) is 0 Å². The van der Waals surface area contributed by atoms with E-state index in [1.165, 1.54) is 32.1 Å². The number of hydrogen-bond donors (Lipinski definition) is 1. The van der Waals surface area contributed by atoms with Gasteiger partial charge in [-0.05, 0) is 24.2 Å². The Morgan fingerprint density at radius 3 is 1.72 bits per heavy atom. The van der Waals surface area contributed by atoms with Crippen LogP contribution in [0, 0.1) is 17.2 Å². The van der Waals surface area contributed by atoms with Crippen molar-refractivity contribution in [3.05, 3.63) is 0 Å². The number of carbonyl (C=O) groups is 2. The smallest absolute Gasteiger partial charge is 0.132 e. The Morgan fingerprint density at radius 2 is 1.52 bits per heavy atom. The van der Waals surface area contributed by atoms with Gasteiger partial charge in [-0.1, -0.05) is 80.6 Å². The third kappa shape index (κ3) is 28.4. The van der Waals surface area contributed by atoms with Crippen LogP contribution in [0.5, 0.6) is 0 Å². The van der Waals surface area contributed by atoms with Crippen LogP contribution >= 0.6 is 0 Å². The molecule has 0 aromatic heterocycles. The number of ketones is 2. The molecule has 1 fully saturated rings. The number of hydrogen-bond acceptors (Lipinski definition) is 3. The molecule has 0 amide bonds. The van der Waals surface area contributed by atoms with Crippen molar-refractivity contribution in [3.63, 3.8) is 0 Å². The van der Waals surface area contributed by atoms with Gasteiger partial charge in [-0.15, -0.1) is 0 Å². The number of aliphatic hydroxyl groups excluding tert-OH is 1. The summed E-state index contributed by atoms with van der Waals surface area (Å²) in [4.78, 5) is 21.3. The fourth-order valence-electron chi connectivity index (χ4n) is 2.14. The maximum absolute atomic E-state index is 10.7. The molecule has 0 atom stereocenters. The molecule has 0 aromatic carbocycles. The van der Waals surface area contributed by atoms with E-state index < -0.39 is 5.89 Å². The maximum atomic E-state index is 10.7. The molecular formula is C22H46O3. The number of carbonyl (C=O) groups excluding carboxylic acids is 2. The molecule has 0 heterocycles. The standard InChI is InChI=1S/C8H14O.C7H14O.C6H14.CH4O/c1-7(9)6-8-4-2-3-5-8;1-4-7(8)5-6(2)3;1-5-6(2,3)4;1-2/h8H,2-6H2,1H3;6H,4-5H2,1-3H3;5H2,1-4H3;2H,1H3/i;6D;;. The highest BCUT2D eigenvalue weighted by Gasteiger charge is 2.15. The summed E-state index contributed by atoms with van der Waals surface area (Å²) < 4.78 is 7.34. The molecule has 3 nitrogen and oxygen atoms in total. The summed E-state index contributed by atoms with van der Waals surface area (Å²) in [5.74, 6) is 0.701. The molecule has 1 aliphatic carbocycles. The van der Waals surface area contributed by atoms with Crippen molar-refractivity contribution in [3.8, 4) is 0 Å². The van der Waals surface area contributed by atoms with Gasteiger partial charge in [0, 0.05) is 27.7 Å². The molecule has 25 heavy (non-hydrogen) atoms. The maximum Gasteiger partial charge on any atom is 0.132 e. The van der Waals surface area contributed by atoms with E-state index in [0.717, 1.165) is 19.4 Å². The van der Waals surface area contributed by atoms with Gasteiger partial charge >= 0.3 is 0 Å². The minimum absolute atomic E-state index is 0.176. The predicted molar refractivity (Wildman–Crippen MR) is 110 cm³/mol. The van der Waals surface area contributed by atoms with Crippen molar-refractivity contribution < 1.29 is 16.1 Å². The first kappa shape index (κ1) is 26.5. The molecule has 0 bridgehead atoms. The van der Waals surface area contributed by atoms with E-state index in [1.807, 2.05) is 6.92 Å². The number of aliphatic hydroxyl groups is 1. The average molecular weight is 360 g/mol. The quantitative estimate of drug-likeness (QED) is 0.634. The topological polar surface area (TPSA) is 54.4 Å². The third-order valence-electron chi connectivity index (χ3n) is 4.06. The zero-order chi connectivity index (χ0) is 21.4. The summed E-state index contributed by atoms with van der Waals surface area (Å²) in [5.41, 5.74) is 0.542. The van der Waals surface area contributed by atoms with Crippen molar-refractivity contribution in [2.75, 3.05) is 7.11 Å². The first-order valence-electron chi connectivity index (χ1n) is 10.3. The Kier molecular flexibility index (Phi) is 19.2. The lowest BCUT2D eigenvalue weighted by Crippen LogP contribution is -2.00. The highest BCUT2D eigenvalue weighted by molar-refractivity contribution is 5.78. The van der Waals surface area contributed by atoms with E-state index in [-0.39, 0.29) is 5.78 Å². The van der Waals surface area contributed by atoms with E-state index >= 15 is 0 Å². The summed E-state index contributed by atoms with van der Waals surface area (Å²) in [6.45, 7) is 16.0. The summed E-state index contributed by atoms with van der Waals surface area (Å²) in [7, 11) is 1.00. The molecule has 0 radical (unpaired) electrons. The minimum atomic E-state index is -0.576. The molecule has 3 heteroatoms. The van der Waals surface area contributed by atoms with Crippen LogP contribution < -0.4 is 0 Å². The molecule has 0 aromatic rings. The van der Waals surface area contributed by atoms with Crippen LogP contribution in [-0.2, 0) is 9.59 Å². The molecule has 0 saturated heterocycles. The molecular weight excluding hydrogens is 312 g/mol. The van der Waals surface area contributed by atoms with E-state index in [9.17, 15) is 9.59 Å². The van der Waals surface area contributed by atoms with Gasteiger partial charge in [0.15, 0.2) is 0 Å². The molecule has 0 aliphatic heterocycles. The molecule has 1 N–H and O–H groups in total. The van der Waals surface area contributed by atoms with Crippen LogP contribution in [0.15, 0.2) is 0 Å². The van der Waals surface area contributed by atoms with Crippen molar-refractivity contribution >= 4 is 11.6 Å². The summed E-state index contributed by atoms with van der Waals surface area (Å²) in [6, 6.07) is 0. The van der Waals surface area contributed by atoms with Gasteiger partial charge in [0.05, 0.1) is 0 Å². The third-order valence-corrected chi connectivity index (χ3v) is 4.06. The second kappa shape index (κ2) is 18.1. The van der Waals surface area contributed by atoms with Crippen molar-refractivity contribution in [1.82, 2.24) is 0 Å². The summed E-state index contributed by atoms with van der Waals surface area (Å²) in [6.07, 6.45) is 8.31. The van der Waals surface area contributed by atoms with E-state index in [1.54, 1.807) is 20.8 Å². The van der Waals surface area contributed by atoms with Crippen LogP contribution in [0.25, 0.3) is 0 Å². The Balaban J connectivity index is -0.000000297. The fraction of sp³-hybridized carbons (Fsp3) is 0.909. The van der Waals surface area contributed by atoms with Crippen LogP contribution in [0.1, 0.15) is 108 Å². The van der Waals surface area contributed by atoms with Crippen LogP contribution in [0.4, 0.5) is 0 Å². The van der Waals surface area contributed by atoms with Gasteiger partial charge in [0.25, 0.3) is 0 Å². The van der Waals surface area contributed by atoms with E-state index in [4.69, 9.17) is 6.48 Å². The number of rotatable bonds is 5. The van der Waals surface area contributed by atoms with Gasteiger partial charge in [0.2, 0.25) is 0 Å². The van der Waals surface area contributed by atoms with E-state index in [2.05, 4.69) is 27.7 Å². The summed E-state index contributed by atoms with van der Waals surface area (Å²) >= 11 is 0. The van der Waals surface area contributed by atoms with Crippen LogP contribution in [-0.4, -0.2) is 23.8 Å². The SMILES string of the molecule is CC(=O)CC1CCCC1.CCC(C)(C)C.CO.[2H]C(C)(C)CC(=O)CC. The second-order valence-electron chi connectivity index (χ2n) is 8.25. The normalized spacial score (nSPS) is 14.7. The van der Waals surface area contributed by atoms with Crippen molar-refractivity contribution in [2.24, 2.45) is 17.2 Å². The van der Waals surface area contributed by atoms with Gasteiger partial charge in [-0.25, -0.2) is 0 Å². The molecule has 0 unspecified atom stereocenters. The minimum Gasteiger partial charge on any atom is -0.400 e.